The van der Waals surface area contributed by atoms with Crippen LogP contribution in [0.2, 0.25) is 0 Å². The number of benzene rings is 1. The Kier molecular flexibility index (Phi) is 4.73. The summed E-state index contributed by atoms with van der Waals surface area (Å²) in [7, 11) is 0. The van der Waals surface area contributed by atoms with Gasteiger partial charge in [0.15, 0.2) is 0 Å². The molecular weight excluding hydrogens is 196 g/mol. The molecule has 0 bridgehead atoms. The summed E-state index contributed by atoms with van der Waals surface area (Å²) in [5.41, 5.74) is 0.872. The first-order chi connectivity index (χ1) is 7.25. The normalized spacial score (nSPS) is 10.2. The second-order valence-electron chi connectivity index (χ2n) is 3.11. The SMILES string of the molecule is O=[N+]([O-])c1ccccc1CCNCCO. The van der Waals surface area contributed by atoms with Gasteiger partial charge in [-0.05, 0) is 13.0 Å². The van der Waals surface area contributed by atoms with Crippen molar-refractivity contribution in [3.63, 3.8) is 0 Å². The first kappa shape index (κ1) is 11.6. The van der Waals surface area contributed by atoms with Crippen molar-refractivity contribution >= 4 is 5.69 Å². The van der Waals surface area contributed by atoms with Gasteiger partial charge in [-0.2, -0.15) is 0 Å². The number of nitro benzene ring substituents is 1. The summed E-state index contributed by atoms with van der Waals surface area (Å²) in [6.45, 7) is 1.23. The maximum absolute atomic E-state index is 10.7. The molecule has 0 aliphatic carbocycles. The number of aliphatic hydroxyl groups is 1. The summed E-state index contributed by atoms with van der Waals surface area (Å²) >= 11 is 0. The fraction of sp³-hybridized carbons (Fsp3) is 0.400. The van der Waals surface area contributed by atoms with Gasteiger partial charge in [-0.25, -0.2) is 0 Å². The van der Waals surface area contributed by atoms with Gasteiger partial charge in [-0.15, -0.1) is 0 Å². The van der Waals surface area contributed by atoms with E-state index in [0.717, 1.165) is 0 Å². The zero-order valence-corrected chi connectivity index (χ0v) is 8.35. The molecule has 1 aromatic rings. The van der Waals surface area contributed by atoms with Crippen molar-refractivity contribution in [3.8, 4) is 0 Å². The number of nitrogens with zero attached hydrogens (tertiary/aromatic N) is 1. The third kappa shape index (κ3) is 3.65. The van der Waals surface area contributed by atoms with Crippen LogP contribution in [0.25, 0.3) is 0 Å². The van der Waals surface area contributed by atoms with Crippen LogP contribution in [0.15, 0.2) is 24.3 Å². The Balaban J connectivity index is 2.56. The third-order valence-corrected chi connectivity index (χ3v) is 2.05. The fourth-order valence-corrected chi connectivity index (χ4v) is 1.33. The van der Waals surface area contributed by atoms with Crippen molar-refractivity contribution in [3.05, 3.63) is 39.9 Å². The number of para-hydroxylation sites is 1. The first-order valence-electron chi connectivity index (χ1n) is 4.79. The second kappa shape index (κ2) is 6.10. The number of hydrogen-bond donors (Lipinski definition) is 2. The Morgan fingerprint density at radius 2 is 2.07 bits per heavy atom. The topological polar surface area (TPSA) is 75.4 Å². The fourth-order valence-electron chi connectivity index (χ4n) is 1.33. The smallest absolute Gasteiger partial charge is 0.272 e. The molecule has 0 heterocycles. The second-order valence-corrected chi connectivity index (χ2v) is 3.11. The molecule has 15 heavy (non-hydrogen) atoms. The molecule has 0 atom stereocenters. The highest BCUT2D eigenvalue weighted by Gasteiger charge is 2.10. The summed E-state index contributed by atoms with van der Waals surface area (Å²) in [4.78, 5) is 10.3. The molecule has 0 fully saturated rings. The van der Waals surface area contributed by atoms with E-state index in [9.17, 15) is 10.1 Å². The lowest BCUT2D eigenvalue weighted by Crippen LogP contribution is -2.21. The van der Waals surface area contributed by atoms with Gasteiger partial charge in [-0.3, -0.25) is 10.1 Å². The number of nitro groups is 1. The molecule has 5 nitrogen and oxygen atoms in total. The van der Waals surface area contributed by atoms with Gasteiger partial charge in [0.25, 0.3) is 5.69 Å². The predicted molar refractivity (Wildman–Crippen MR) is 56.8 cm³/mol. The molecule has 0 radical (unpaired) electrons. The van der Waals surface area contributed by atoms with Crippen LogP contribution in [0.1, 0.15) is 5.56 Å². The van der Waals surface area contributed by atoms with Gasteiger partial charge >= 0.3 is 0 Å². The molecule has 5 heteroatoms. The molecule has 1 aromatic carbocycles. The van der Waals surface area contributed by atoms with E-state index in [-0.39, 0.29) is 17.2 Å². The Morgan fingerprint density at radius 1 is 1.33 bits per heavy atom. The molecular formula is C10H14N2O3. The van der Waals surface area contributed by atoms with E-state index < -0.39 is 0 Å². The summed E-state index contributed by atoms with van der Waals surface area (Å²) in [6, 6.07) is 6.69. The quantitative estimate of drug-likeness (QED) is 0.412. The maximum Gasteiger partial charge on any atom is 0.272 e. The van der Waals surface area contributed by atoms with Crippen LogP contribution in [0, 0.1) is 10.1 Å². The standard InChI is InChI=1S/C10H14N2O3/c13-8-7-11-6-5-9-3-1-2-4-10(9)12(14)15/h1-4,11,13H,5-8H2. The third-order valence-electron chi connectivity index (χ3n) is 2.05. The Morgan fingerprint density at radius 3 is 2.73 bits per heavy atom. The van der Waals surface area contributed by atoms with E-state index >= 15 is 0 Å². The van der Waals surface area contributed by atoms with Gasteiger partial charge in [0.2, 0.25) is 0 Å². The van der Waals surface area contributed by atoms with Crippen LogP contribution in [0.3, 0.4) is 0 Å². The Hall–Kier alpha value is -1.46. The lowest BCUT2D eigenvalue weighted by atomic mass is 10.1. The lowest BCUT2D eigenvalue weighted by Gasteiger charge is -2.03. The maximum atomic E-state index is 10.7. The predicted octanol–water partition coefficient (Wildman–Crippen LogP) is 0.719. The first-order valence-corrected chi connectivity index (χ1v) is 4.79. The monoisotopic (exact) mass is 210 g/mol. The van der Waals surface area contributed by atoms with E-state index in [1.165, 1.54) is 6.07 Å². The molecule has 0 spiro atoms. The highest BCUT2D eigenvalue weighted by molar-refractivity contribution is 5.39. The van der Waals surface area contributed by atoms with E-state index in [1.807, 2.05) is 0 Å². The minimum absolute atomic E-state index is 0.0802. The van der Waals surface area contributed by atoms with Crippen molar-refractivity contribution in [1.82, 2.24) is 5.32 Å². The zero-order chi connectivity index (χ0) is 11.1. The van der Waals surface area contributed by atoms with Crippen molar-refractivity contribution in [2.24, 2.45) is 0 Å². The Bertz CT molecular complexity index is 328. The van der Waals surface area contributed by atoms with Crippen LogP contribution in [-0.2, 0) is 6.42 Å². The molecule has 0 aliphatic rings. The number of rotatable bonds is 6. The van der Waals surface area contributed by atoms with Gasteiger partial charge in [-0.1, -0.05) is 18.2 Å². The molecule has 0 amide bonds. The minimum atomic E-state index is -0.374. The minimum Gasteiger partial charge on any atom is -0.395 e. The molecule has 0 saturated heterocycles. The van der Waals surface area contributed by atoms with Gasteiger partial charge in [0.05, 0.1) is 11.5 Å². The Labute approximate surface area is 87.9 Å². The molecule has 0 saturated carbocycles. The summed E-state index contributed by atoms with van der Waals surface area (Å²) in [6.07, 6.45) is 0.594. The van der Waals surface area contributed by atoms with Crippen LogP contribution in [0.5, 0.6) is 0 Å². The van der Waals surface area contributed by atoms with E-state index in [4.69, 9.17) is 5.11 Å². The number of hydrogen-bond acceptors (Lipinski definition) is 4. The van der Waals surface area contributed by atoms with E-state index in [1.54, 1.807) is 18.2 Å². The van der Waals surface area contributed by atoms with Gasteiger partial charge in [0, 0.05) is 18.2 Å². The molecule has 2 N–H and O–H groups in total. The lowest BCUT2D eigenvalue weighted by molar-refractivity contribution is -0.385. The van der Waals surface area contributed by atoms with Crippen molar-refractivity contribution in [2.45, 2.75) is 6.42 Å². The van der Waals surface area contributed by atoms with Crippen molar-refractivity contribution in [2.75, 3.05) is 19.7 Å². The molecule has 82 valence electrons. The van der Waals surface area contributed by atoms with E-state index in [2.05, 4.69) is 5.32 Å². The van der Waals surface area contributed by atoms with Crippen LogP contribution in [-0.4, -0.2) is 29.7 Å². The average Bonchev–Trinajstić information content (AvgIpc) is 2.25. The molecule has 0 aromatic heterocycles. The molecule has 1 rings (SSSR count). The average molecular weight is 210 g/mol. The highest BCUT2D eigenvalue weighted by atomic mass is 16.6. The van der Waals surface area contributed by atoms with Crippen molar-refractivity contribution in [1.29, 1.82) is 0 Å². The van der Waals surface area contributed by atoms with Gasteiger partial charge in [0.1, 0.15) is 0 Å². The molecule has 0 aliphatic heterocycles. The van der Waals surface area contributed by atoms with Crippen LogP contribution < -0.4 is 5.32 Å². The summed E-state index contributed by atoms with van der Waals surface area (Å²) in [5.74, 6) is 0. The van der Waals surface area contributed by atoms with Gasteiger partial charge < -0.3 is 10.4 Å². The largest absolute Gasteiger partial charge is 0.395 e. The van der Waals surface area contributed by atoms with E-state index in [0.29, 0.717) is 25.1 Å². The van der Waals surface area contributed by atoms with Crippen LogP contribution >= 0.6 is 0 Å². The zero-order valence-electron chi connectivity index (χ0n) is 8.35. The van der Waals surface area contributed by atoms with Crippen molar-refractivity contribution < 1.29 is 10.0 Å². The summed E-state index contributed by atoms with van der Waals surface area (Å²) in [5, 5.41) is 22.2. The summed E-state index contributed by atoms with van der Waals surface area (Å²) < 4.78 is 0. The number of aliphatic hydroxyl groups excluding tert-OH is 1. The number of nitrogens with one attached hydrogen (secondary N) is 1. The van der Waals surface area contributed by atoms with Crippen LogP contribution in [0.4, 0.5) is 5.69 Å². The molecule has 0 unspecified atom stereocenters. The highest BCUT2D eigenvalue weighted by Crippen LogP contribution is 2.17.